The zero-order chi connectivity index (χ0) is 12.1. The van der Waals surface area contributed by atoms with Crippen LogP contribution in [0.3, 0.4) is 0 Å². The molecule has 1 aromatic carbocycles. The second-order valence-electron chi connectivity index (χ2n) is 5.47. The molecule has 1 aliphatic rings. The summed E-state index contributed by atoms with van der Waals surface area (Å²) in [6, 6.07) is 6.28. The van der Waals surface area contributed by atoms with Gasteiger partial charge in [0.05, 0.1) is 5.92 Å². The van der Waals surface area contributed by atoms with Crippen LogP contribution in [0.2, 0.25) is 0 Å². The summed E-state index contributed by atoms with van der Waals surface area (Å²) in [6.45, 7) is 8.19. The van der Waals surface area contributed by atoms with E-state index in [2.05, 4.69) is 25.1 Å². The van der Waals surface area contributed by atoms with Crippen molar-refractivity contribution < 1.29 is 9.90 Å². The van der Waals surface area contributed by atoms with Crippen molar-refractivity contribution in [2.75, 3.05) is 0 Å². The van der Waals surface area contributed by atoms with Crippen LogP contribution >= 0.6 is 0 Å². The number of carboxylic acid groups (broad SMARTS) is 1. The fraction of sp³-hybridized carbons (Fsp3) is 0.500. The van der Waals surface area contributed by atoms with E-state index in [1.807, 2.05) is 20.8 Å². The van der Waals surface area contributed by atoms with Crippen LogP contribution in [0.25, 0.3) is 0 Å². The van der Waals surface area contributed by atoms with Gasteiger partial charge in [0.2, 0.25) is 0 Å². The van der Waals surface area contributed by atoms with E-state index in [0.29, 0.717) is 0 Å². The van der Waals surface area contributed by atoms with Crippen LogP contribution in [-0.2, 0) is 4.79 Å². The Morgan fingerprint density at radius 2 is 1.94 bits per heavy atom. The highest BCUT2D eigenvalue weighted by Crippen LogP contribution is 2.64. The van der Waals surface area contributed by atoms with Gasteiger partial charge in [-0.15, -0.1) is 0 Å². The van der Waals surface area contributed by atoms with Gasteiger partial charge < -0.3 is 5.11 Å². The Bertz CT molecular complexity index is 446. The molecular formula is C14H18O2. The van der Waals surface area contributed by atoms with Crippen LogP contribution in [0.15, 0.2) is 18.2 Å². The van der Waals surface area contributed by atoms with Crippen LogP contribution in [0.4, 0.5) is 0 Å². The van der Waals surface area contributed by atoms with Gasteiger partial charge in [-0.3, -0.25) is 4.79 Å². The van der Waals surface area contributed by atoms with Crippen molar-refractivity contribution in [3.63, 3.8) is 0 Å². The van der Waals surface area contributed by atoms with Gasteiger partial charge in [-0.25, -0.2) is 0 Å². The molecule has 2 nitrogen and oxygen atoms in total. The van der Waals surface area contributed by atoms with Gasteiger partial charge in [0.1, 0.15) is 0 Å². The first-order valence-electron chi connectivity index (χ1n) is 5.65. The Morgan fingerprint density at radius 1 is 1.31 bits per heavy atom. The molecule has 0 bridgehead atoms. The Morgan fingerprint density at radius 3 is 2.44 bits per heavy atom. The second kappa shape index (κ2) is 3.34. The molecule has 0 aliphatic heterocycles. The van der Waals surface area contributed by atoms with E-state index in [4.69, 9.17) is 0 Å². The predicted molar refractivity (Wildman–Crippen MR) is 63.6 cm³/mol. The minimum absolute atomic E-state index is 0.107. The quantitative estimate of drug-likeness (QED) is 0.828. The smallest absolute Gasteiger partial charge is 0.307 e. The molecule has 0 unspecified atom stereocenters. The van der Waals surface area contributed by atoms with E-state index in [-0.39, 0.29) is 17.3 Å². The Kier molecular flexibility index (Phi) is 2.33. The SMILES string of the molecule is Cc1ccc(C)c([C@H]2[C@H](C(=O)O)C2(C)C)c1. The van der Waals surface area contributed by atoms with E-state index < -0.39 is 5.97 Å². The van der Waals surface area contributed by atoms with Crippen LogP contribution in [0, 0.1) is 25.2 Å². The maximum atomic E-state index is 11.2. The lowest BCUT2D eigenvalue weighted by molar-refractivity contribution is -0.139. The lowest BCUT2D eigenvalue weighted by Crippen LogP contribution is -2.03. The summed E-state index contributed by atoms with van der Waals surface area (Å²) in [5.41, 5.74) is 3.50. The Labute approximate surface area is 96.3 Å². The molecule has 2 atom stereocenters. The maximum absolute atomic E-state index is 11.2. The first-order chi connectivity index (χ1) is 7.35. The molecule has 0 aromatic heterocycles. The lowest BCUT2D eigenvalue weighted by Gasteiger charge is -2.08. The third-order valence-electron chi connectivity index (χ3n) is 3.86. The molecule has 16 heavy (non-hydrogen) atoms. The largest absolute Gasteiger partial charge is 0.481 e. The molecule has 0 amide bonds. The monoisotopic (exact) mass is 218 g/mol. The van der Waals surface area contributed by atoms with Gasteiger partial charge in [0.15, 0.2) is 0 Å². The maximum Gasteiger partial charge on any atom is 0.307 e. The summed E-state index contributed by atoms with van der Waals surface area (Å²) in [6.07, 6.45) is 0. The number of hydrogen-bond donors (Lipinski definition) is 1. The fourth-order valence-corrected chi connectivity index (χ4v) is 2.77. The number of hydrogen-bond acceptors (Lipinski definition) is 1. The van der Waals surface area contributed by atoms with Gasteiger partial charge in [-0.2, -0.15) is 0 Å². The molecular weight excluding hydrogens is 200 g/mol. The van der Waals surface area contributed by atoms with Gasteiger partial charge in [-0.05, 0) is 30.4 Å². The van der Waals surface area contributed by atoms with E-state index in [0.717, 1.165) is 0 Å². The van der Waals surface area contributed by atoms with Crippen molar-refractivity contribution in [1.82, 2.24) is 0 Å². The van der Waals surface area contributed by atoms with Gasteiger partial charge in [0, 0.05) is 5.92 Å². The molecule has 2 heteroatoms. The van der Waals surface area contributed by atoms with Crippen LogP contribution in [-0.4, -0.2) is 11.1 Å². The second-order valence-corrected chi connectivity index (χ2v) is 5.47. The normalized spacial score (nSPS) is 26.5. The molecule has 1 saturated carbocycles. The molecule has 1 fully saturated rings. The van der Waals surface area contributed by atoms with Crippen LogP contribution in [0.5, 0.6) is 0 Å². The highest BCUT2D eigenvalue weighted by atomic mass is 16.4. The van der Waals surface area contributed by atoms with Crippen molar-refractivity contribution in [3.8, 4) is 0 Å². The standard InChI is InChI=1S/C14H18O2/c1-8-5-6-9(2)10(7-8)11-12(13(15)16)14(11,3)4/h5-7,11-12H,1-4H3,(H,15,16)/t11-,12+/m0/s1. The van der Waals surface area contributed by atoms with E-state index >= 15 is 0 Å². The number of aliphatic carboxylic acids is 1. The predicted octanol–water partition coefficient (Wildman–Crippen LogP) is 3.13. The van der Waals surface area contributed by atoms with Crippen LogP contribution < -0.4 is 0 Å². The number of carbonyl (C=O) groups is 1. The number of aryl methyl sites for hydroxylation is 2. The minimum Gasteiger partial charge on any atom is -0.481 e. The molecule has 2 rings (SSSR count). The summed E-state index contributed by atoms with van der Waals surface area (Å²) in [5.74, 6) is -0.728. The number of carboxylic acids is 1. The van der Waals surface area contributed by atoms with Crippen molar-refractivity contribution in [2.45, 2.75) is 33.6 Å². The zero-order valence-electron chi connectivity index (χ0n) is 10.2. The topological polar surface area (TPSA) is 37.3 Å². The van der Waals surface area contributed by atoms with Crippen molar-refractivity contribution in [1.29, 1.82) is 0 Å². The van der Waals surface area contributed by atoms with Crippen LogP contribution in [0.1, 0.15) is 36.5 Å². The minimum atomic E-state index is -0.670. The van der Waals surface area contributed by atoms with Gasteiger partial charge >= 0.3 is 5.97 Å². The van der Waals surface area contributed by atoms with E-state index in [1.54, 1.807) is 0 Å². The fourth-order valence-electron chi connectivity index (χ4n) is 2.77. The molecule has 0 radical (unpaired) electrons. The molecule has 0 heterocycles. The van der Waals surface area contributed by atoms with E-state index in [9.17, 15) is 9.90 Å². The average molecular weight is 218 g/mol. The third-order valence-corrected chi connectivity index (χ3v) is 3.86. The molecule has 1 aromatic rings. The molecule has 86 valence electrons. The summed E-state index contributed by atoms with van der Waals surface area (Å²) >= 11 is 0. The number of rotatable bonds is 2. The number of benzene rings is 1. The molecule has 0 saturated heterocycles. The van der Waals surface area contributed by atoms with Crippen molar-refractivity contribution in [2.24, 2.45) is 11.3 Å². The van der Waals surface area contributed by atoms with Gasteiger partial charge in [0.25, 0.3) is 0 Å². The van der Waals surface area contributed by atoms with Gasteiger partial charge in [-0.1, -0.05) is 37.6 Å². The molecule has 1 N–H and O–H groups in total. The van der Waals surface area contributed by atoms with Crippen molar-refractivity contribution in [3.05, 3.63) is 34.9 Å². The molecule has 1 aliphatic carbocycles. The van der Waals surface area contributed by atoms with E-state index in [1.165, 1.54) is 16.7 Å². The first-order valence-corrected chi connectivity index (χ1v) is 5.65. The highest BCUT2D eigenvalue weighted by Gasteiger charge is 2.62. The highest BCUT2D eigenvalue weighted by molar-refractivity contribution is 5.77. The summed E-state index contributed by atoms with van der Waals surface area (Å²) < 4.78 is 0. The average Bonchev–Trinajstić information content (AvgIpc) is 2.73. The zero-order valence-corrected chi connectivity index (χ0v) is 10.2. The third kappa shape index (κ3) is 1.53. The Balaban J connectivity index is 2.40. The first kappa shape index (κ1) is 11.2. The summed E-state index contributed by atoms with van der Waals surface area (Å²) in [5, 5.41) is 9.18. The van der Waals surface area contributed by atoms with Crippen molar-refractivity contribution >= 4 is 5.97 Å². The summed E-state index contributed by atoms with van der Waals surface area (Å²) in [7, 11) is 0. The lowest BCUT2D eigenvalue weighted by atomic mass is 9.97. The summed E-state index contributed by atoms with van der Waals surface area (Å²) in [4.78, 5) is 11.2. The Hall–Kier alpha value is -1.31. The molecule has 0 spiro atoms.